The smallest absolute Gasteiger partial charge is 0.434 e. The van der Waals surface area contributed by atoms with Crippen LogP contribution in [0.2, 0.25) is 0 Å². The van der Waals surface area contributed by atoms with E-state index < -0.39 is 11.9 Å². The van der Waals surface area contributed by atoms with Crippen LogP contribution in [-0.2, 0) is 12.7 Å². The zero-order valence-corrected chi connectivity index (χ0v) is 21.4. The first-order valence-corrected chi connectivity index (χ1v) is 13.0. The highest BCUT2D eigenvalue weighted by Crippen LogP contribution is 2.46. The van der Waals surface area contributed by atoms with Gasteiger partial charge in [-0.05, 0) is 31.2 Å². The lowest BCUT2D eigenvalue weighted by Gasteiger charge is -2.13. The molecule has 4 heterocycles. The molecule has 2 aliphatic carbocycles. The molecule has 2 N–H and O–H groups in total. The topological polar surface area (TPSA) is 119 Å². The first-order valence-electron chi connectivity index (χ1n) is 13.0. The van der Waals surface area contributed by atoms with E-state index in [1.54, 1.807) is 30.1 Å². The van der Waals surface area contributed by atoms with E-state index in [0.717, 1.165) is 48.7 Å². The number of hydrogen-bond acceptors (Lipinski definition) is 8. The van der Waals surface area contributed by atoms with Gasteiger partial charge in [-0.2, -0.15) is 18.2 Å². The molecule has 0 radical (unpaired) electrons. The molecule has 1 aromatic carbocycles. The molecule has 2 fully saturated rings. The molecule has 0 spiro atoms. The molecule has 0 amide bonds. The van der Waals surface area contributed by atoms with Gasteiger partial charge in [-0.1, -0.05) is 24.3 Å². The van der Waals surface area contributed by atoms with Crippen molar-refractivity contribution in [3.63, 3.8) is 0 Å². The number of aromatic amines is 1. The Hall–Kier alpha value is -4.55. The summed E-state index contributed by atoms with van der Waals surface area (Å²) in [6, 6.07) is 7.35. The third kappa shape index (κ3) is 4.50. The number of hydrogen-bond donors (Lipinski definition) is 2. The van der Waals surface area contributed by atoms with Crippen LogP contribution in [0.4, 0.5) is 19.1 Å². The van der Waals surface area contributed by atoms with E-state index in [4.69, 9.17) is 9.72 Å². The van der Waals surface area contributed by atoms with Crippen LogP contribution in [0.1, 0.15) is 54.6 Å². The number of nitrogens with zero attached hydrogens (tertiary/aromatic N) is 7. The van der Waals surface area contributed by atoms with Gasteiger partial charge in [0.1, 0.15) is 23.4 Å². The van der Waals surface area contributed by atoms with Crippen molar-refractivity contribution in [3.05, 3.63) is 60.1 Å². The number of fused-ring (bicyclic) bond motifs is 1. The zero-order chi connectivity index (χ0) is 27.4. The van der Waals surface area contributed by atoms with Crippen LogP contribution in [0.25, 0.3) is 33.8 Å². The van der Waals surface area contributed by atoms with Gasteiger partial charge in [-0.25, -0.2) is 24.9 Å². The second kappa shape index (κ2) is 9.28. The number of benzene rings is 1. The first kappa shape index (κ1) is 24.5. The molecule has 40 heavy (non-hydrogen) atoms. The van der Waals surface area contributed by atoms with E-state index in [0.29, 0.717) is 52.5 Å². The van der Waals surface area contributed by atoms with Crippen LogP contribution >= 0.6 is 0 Å². The molecule has 0 aliphatic heterocycles. The maximum atomic E-state index is 13.3. The standard InChI is InChI=1S/C27H24F3N9O/c1-40-25-19(20(15-6-7-15)32-13-35-25)21-22-23(34-12-33-22)38-26(37-21)31-10-14-2-4-16(5-3-14)24-36-18(27(28,29)30)11-39(24)17-8-9-17/h2-5,11-13,15,17H,6-10H2,1H3,(H2,31,33,34,37,38). The maximum Gasteiger partial charge on any atom is 0.434 e. The number of nitrogens with one attached hydrogen (secondary N) is 2. The monoisotopic (exact) mass is 547 g/mol. The van der Waals surface area contributed by atoms with Crippen molar-refractivity contribution in [2.24, 2.45) is 0 Å². The third-order valence-corrected chi connectivity index (χ3v) is 7.15. The van der Waals surface area contributed by atoms with Crippen LogP contribution in [0.3, 0.4) is 0 Å². The van der Waals surface area contributed by atoms with Crippen molar-refractivity contribution >= 4 is 17.1 Å². The van der Waals surface area contributed by atoms with Crippen LogP contribution in [0.5, 0.6) is 5.88 Å². The fourth-order valence-electron chi connectivity index (χ4n) is 4.85. The van der Waals surface area contributed by atoms with Gasteiger partial charge in [-0.3, -0.25) is 0 Å². The van der Waals surface area contributed by atoms with E-state index >= 15 is 0 Å². The molecule has 5 aromatic rings. The fourth-order valence-corrected chi connectivity index (χ4v) is 4.85. The predicted octanol–water partition coefficient (Wildman–Crippen LogP) is 5.53. The minimum atomic E-state index is -4.48. The Labute approximate surface area is 226 Å². The van der Waals surface area contributed by atoms with Crippen molar-refractivity contribution in [1.82, 2.24) is 39.5 Å². The highest BCUT2D eigenvalue weighted by atomic mass is 19.4. The number of H-pyrrole nitrogens is 1. The normalized spacial score (nSPS) is 15.5. The molecule has 13 heteroatoms. The molecular formula is C27H24F3N9O. The summed E-state index contributed by atoms with van der Waals surface area (Å²) >= 11 is 0. The van der Waals surface area contributed by atoms with Crippen LogP contribution < -0.4 is 10.1 Å². The Balaban J connectivity index is 1.16. The number of halogens is 3. The minimum absolute atomic E-state index is 0.0670. The summed E-state index contributed by atoms with van der Waals surface area (Å²) in [6.07, 6.45) is 3.50. The van der Waals surface area contributed by atoms with Crippen LogP contribution in [0.15, 0.2) is 43.1 Å². The molecule has 4 aromatic heterocycles. The van der Waals surface area contributed by atoms with Crippen molar-refractivity contribution in [3.8, 4) is 28.5 Å². The summed E-state index contributed by atoms with van der Waals surface area (Å²) in [5.41, 5.74) is 4.03. The van der Waals surface area contributed by atoms with E-state index in [2.05, 4.69) is 35.2 Å². The van der Waals surface area contributed by atoms with Crippen molar-refractivity contribution in [1.29, 1.82) is 0 Å². The highest BCUT2D eigenvalue weighted by molar-refractivity contribution is 5.90. The molecule has 2 saturated carbocycles. The van der Waals surface area contributed by atoms with Gasteiger partial charge in [0.2, 0.25) is 11.8 Å². The van der Waals surface area contributed by atoms with Crippen molar-refractivity contribution in [2.75, 3.05) is 12.4 Å². The van der Waals surface area contributed by atoms with E-state index in [-0.39, 0.29) is 6.04 Å². The van der Waals surface area contributed by atoms with E-state index in [9.17, 15) is 13.2 Å². The number of imidazole rings is 2. The lowest BCUT2D eigenvalue weighted by molar-refractivity contribution is -0.140. The summed E-state index contributed by atoms with van der Waals surface area (Å²) in [5.74, 6) is 1.46. The second-order valence-electron chi connectivity index (χ2n) is 10.1. The second-order valence-corrected chi connectivity index (χ2v) is 10.1. The number of methoxy groups -OCH3 is 1. The average molecular weight is 548 g/mol. The number of aromatic nitrogens is 8. The SMILES string of the molecule is COc1ncnc(C2CC2)c1-c1nc(NCc2ccc(-c3nc(C(F)(F)F)cn3C3CC3)cc2)nc2nc[nH]c12. The summed E-state index contributed by atoms with van der Waals surface area (Å²) in [6.45, 7) is 0.387. The Morgan fingerprint density at radius 3 is 2.52 bits per heavy atom. The first-order chi connectivity index (χ1) is 19.4. The molecule has 7 rings (SSSR count). The summed E-state index contributed by atoms with van der Waals surface area (Å²) in [4.78, 5) is 29.6. The summed E-state index contributed by atoms with van der Waals surface area (Å²) < 4.78 is 47.1. The third-order valence-electron chi connectivity index (χ3n) is 7.15. The lowest BCUT2D eigenvalue weighted by atomic mass is 10.1. The molecule has 204 valence electrons. The highest BCUT2D eigenvalue weighted by Gasteiger charge is 2.37. The number of rotatable bonds is 8. The lowest BCUT2D eigenvalue weighted by Crippen LogP contribution is -2.07. The van der Waals surface area contributed by atoms with E-state index in [1.165, 1.54) is 6.33 Å². The van der Waals surface area contributed by atoms with Crippen LogP contribution in [0, 0.1) is 0 Å². The van der Waals surface area contributed by atoms with Gasteiger partial charge in [0.05, 0.1) is 24.7 Å². The predicted molar refractivity (Wildman–Crippen MR) is 139 cm³/mol. The molecule has 0 bridgehead atoms. The zero-order valence-electron chi connectivity index (χ0n) is 21.4. The Morgan fingerprint density at radius 2 is 1.82 bits per heavy atom. The number of anilines is 1. The van der Waals surface area contributed by atoms with Gasteiger partial charge >= 0.3 is 6.18 Å². The Kier molecular flexibility index (Phi) is 5.68. The summed E-state index contributed by atoms with van der Waals surface area (Å²) in [5, 5.41) is 3.25. The van der Waals surface area contributed by atoms with Crippen LogP contribution in [-0.4, -0.2) is 46.6 Å². The van der Waals surface area contributed by atoms with Gasteiger partial charge in [0.15, 0.2) is 11.3 Å². The molecule has 0 atom stereocenters. The van der Waals surface area contributed by atoms with E-state index in [1.807, 2.05) is 12.1 Å². The van der Waals surface area contributed by atoms with Gasteiger partial charge in [0, 0.05) is 30.3 Å². The molecular weight excluding hydrogens is 523 g/mol. The fraction of sp³-hybridized carbons (Fsp3) is 0.333. The Bertz CT molecular complexity index is 1700. The quantitative estimate of drug-likeness (QED) is 0.261. The molecule has 0 unspecified atom stereocenters. The van der Waals surface area contributed by atoms with Gasteiger partial charge in [-0.15, -0.1) is 0 Å². The molecule has 2 aliphatic rings. The van der Waals surface area contributed by atoms with Crippen molar-refractivity contribution in [2.45, 2.75) is 50.4 Å². The minimum Gasteiger partial charge on any atom is -0.480 e. The van der Waals surface area contributed by atoms with Gasteiger partial charge < -0.3 is 19.6 Å². The largest absolute Gasteiger partial charge is 0.480 e. The van der Waals surface area contributed by atoms with Gasteiger partial charge in [0.25, 0.3) is 0 Å². The van der Waals surface area contributed by atoms with Crippen molar-refractivity contribution < 1.29 is 17.9 Å². The number of alkyl halides is 3. The number of ether oxygens (including phenoxy) is 1. The molecule has 0 saturated heterocycles. The maximum absolute atomic E-state index is 13.3. The summed E-state index contributed by atoms with van der Waals surface area (Å²) in [7, 11) is 1.57. The molecule has 10 nitrogen and oxygen atoms in total. The Morgan fingerprint density at radius 1 is 1.02 bits per heavy atom. The average Bonchev–Trinajstić information content (AvgIpc) is 3.89.